The zero-order valence-electron chi connectivity index (χ0n) is 14.1. The largest absolute Gasteiger partial charge is 0.380 e. The zero-order valence-corrected chi connectivity index (χ0v) is 14.1. The molecule has 1 fully saturated rings. The second-order valence-corrected chi connectivity index (χ2v) is 6.30. The third-order valence-electron chi connectivity index (χ3n) is 4.67. The van der Waals surface area contributed by atoms with Crippen LogP contribution in [0.1, 0.15) is 18.4 Å². The molecule has 1 atom stereocenters. The Morgan fingerprint density at radius 1 is 1.04 bits per heavy atom. The number of hydrogen-bond donors (Lipinski definition) is 0. The van der Waals surface area contributed by atoms with Crippen LogP contribution in [0.15, 0.2) is 54.6 Å². The topological polar surface area (TPSA) is 15.7 Å². The molecule has 1 aliphatic heterocycles. The summed E-state index contributed by atoms with van der Waals surface area (Å²) >= 11 is 0. The number of piperidine rings is 1. The van der Waals surface area contributed by atoms with Crippen LogP contribution in [0.5, 0.6) is 0 Å². The third-order valence-corrected chi connectivity index (χ3v) is 4.67. The summed E-state index contributed by atoms with van der Waals surface area (Å²) in [6, 6.07) is 19.4. The van der Waals surface area contributed by atoms with Crippen LogP contribution in [-0.4, -0.2) is 38.3 Å². The number of anilines is 2. The fraction of sp³-hybridized carbons (Fsp3) is 0.400. The lowest BCUT2D eigenvalue weighted by Gasteiger charge is -2.32. The molecule has 1 heterocycles. The predicted molar refractivity (Wildman–Crippen MR) is 96.3 cm³/mol. The summed E-state index contributed by atoms with van der Waals surface area (Å²) in [4.78, 5) is 4.71. The second kappa shape index (κ2) is 7.62. The number of nitrogens with zero attached hydrogens (tertiary/aromatic N) is 2. The highest BCUT2D eigenvalue weighted by molar-refractivity contribution is 5.62. The molecule has 1 unspecified atom stereocenters. The molecule has 0 bridgehead atoms. The Kier molecular flexibility index (Phi) is 5.31. The molecule has 1 aliphatic rings. The first-order chi connectivity index (χ1) is 11.3. The van der Waals surface area contributed by atoms with Gasteiger partial charge in [0.25, 0.3) is 0 Å². The lowest BCUT2D eigenvalue weighted by molar-refractivity contribution is 0.0285. The molecule has 2 aromatic carbocycles. The van der Waals surface area contributed by atoms with Crippen LogP contribution in [-0.2, 0) is 11.3 Å². The Labute approximate surface area is 139 Å². The average Bonchev–Trinajstić information content (AvgIpc) is 2.63. The molecule has 0 amide bonds. The number of ether oxygens (including phenoxy) is 1. The van der Waals surface area contributed by atoms with Crippen molar-refractivity contribution in [2.24, 2.45) is 0 Å². The van der Waals surface area contributed by atoms with E-state index in [0.717, 1.165) is 13.1 Å². The van der Waals surface area contributed by atoms with Gasteiger partial charge in [-0.3, -0.25) is 4.90 Å². The van der Waals surface area contributed by atoms with Crippen molar-refractivity contribution in [1.29, 1.82) is 0 Å². The van der Waals surface area contributed by atoms with Gasteiger partial charge in [0.15, 0.2) is 0 Å². The summed E-state index contributed by atoms with van der Waals surface area (Å²) in [7, 11) is 3.93. The number of benzene rings is 2. The van der Waals surface area contributed by atoms with Gasteiger partial charge in [0, 0.05) is 38.6 Å². The molecular formula is C20H26N2O. The number of likely N-dealkylation sites (tertiary alicyclic amines) is 1. The smallest absolute Gasteiger partial charge is 0.0698 e. The van der Waals surface area contributed by atoms with Crippen LogP contribution in [0.25, 0.3) is 0 Å². The number of methoxy groups -OCH3 is 1. The lowest BCUT2D eigenvalue weighted by Crippen LogP contribution is -2.38. The molecule has 1 saturated heterocycles. The van der Waals surface area contributed by atoms with E-state index >= 15 is 0 Å². The molecule has 23 heavy (non-hydrogen) atoms. The first-order valence-electron chi connectivity index (χ1n) is 8.39. The molecule has 0 radical (unpaired) electrons. The Bertz CT molecular complexity index is 597. The van der Waals surface area contributed by atoms with Crippen molar-refractivity contribution in [3.63, 3.8) is 0 Å². The maximum absolute atomic E-state index is 5.51. The standard InChI is InChI=1S/C20H26N2O/c1-21(18-7-4-3-5-8-18)19-12-10-17(11-13-19)15-22-14-6-9-20(16-22)23-2/h3-5,7-8,10-13,20H,6,9,14-16H2,1-2H3. The monoisotopic (exact) mass is 310 g/mol. The average molecular weight is 310 g/mol. The molecule has 2 aromatic rings. The van der Waals surface area contributed by atoms with Gasteiger partial charge < -0.3 is 9.64 Å². The Morgan fingerprint density at radius 3 is 2.43 bits per heavy atom. The minimum Gasteiger partial charge on any atom is -0.380 e. The quantitative estimate of drug-likeness (QED) is 0.828. The van der Waals surface area contributed by atoms with Gasteiger partial charge in [0.1, 0.15) is 0 Å². The molecule has 0 spiro atoms. The lowest BCUT2D eigenvalue weighted by atomic mass is 10.1. The maximum atomic E-state index is 5.51. The van der Waals surface area contributed by atoms with Crippen LogP contribution in [0.3, 0.4) is 0 Å². The van der Waals surface area contributed by atoms with Crippen LogP contribution >= 0.6 is 0 Å². The van der Waals surface area contributed by atoms with Crippen molar-refractivity contribution in [1.82, 2.24) is 4.90 Å². The van der Waals surface area contributed by atoms with E-state index in [2.05, 4.69) is 65.4 Å². The highest BCUT2D eigenvalue weighted by Gasteiger charge is 2.19. The van der Waals surface area contributed by atoms with Crippen LogP contribution in [0, 0.1) is 0 Å². The highest BCUT2D eigenvalue weighted by Crippen LogP contribution is 2.24. The van der Waals surface area contributed by atoms with E-state index in [1.807, 2.05) is 13.2 Å². The van der Waals surface area contributed by atoms with Crippen molar-refractivity contribution < 1.29 is 4.74 Å². The SMILES string of the molecule is COC1CCCN(Cc2ccc(N(C)c3ccccc3)cc2)C1. The minimum atomic E-state index is 0.396. The summed E-state index contributed by atoms with van der Waals surface area (Å²) < 4.78 is 5.51. The van der Waals surface area contributed by atoms with Gasteiger partial charge in [-0.25, -0.2) is 0 Å². The molecule has 0 saturated carbocycles. The highest BCUT2D eigenvalue weighted by atomic mass is 16.5. The Balaban J connectivity index is 1.63. The van der Waals surface area contributed by atoms with E-state index in [9.17, 15) is 0 Å². The van der Waals surface area contributed by atoms with Gasteiger partial charge in [-0.2, -0.15) is 0 Å². The maximum Gasteiger partial charge on any atom is 0.0698 e. The molecule has 122 valence electrons. The minimum absolute atomic E-state index is 0.396. The molecule has 3 heteroatoms. The Hall–Kier alpha value is -1.84. The fourth-order valence-corrected chi connectivity index (χ4v) is 3.23. The molecule has 0 N–H and O–H groups in total. The van der Waals surface area contributed by atoms with Gasteiger partial charge >= 0.3 is 0 Å². The van der Waals surface area contributed by atoms with Crippen LogP contribution < -0.4 is 4.90 Å². The third kappa shape index (κ3) is 4.12. The molecule has 3 nitrogen and oxygen atoms in total. The Morgan fingerprint density at radius 2 is 1.74 bits per heavy atom. The van der Waals surface area contributed by atoms with E-state index in [0.29, 0.717) is 6.10 Å². The second-order valence-electron chi connectivity index (χ2n) is 6.30. The van der Waals surface area contributed by atoms with Gasteiger partial charge in [-0.05, 0) is 49.2 Å². The van der Waals surface area contributed by atoms with Crippen LogP contribution in [0.2, 0.25) is 0 Å². The van der Waals surface area contributed by atoms with Crippen molar-refractivity contribution in [2.75, 3.05) is 32.1 Å². The number of rotatable bonds is 5. The van der Waals surface area contributed by atoms with E-state index in [1.165, 1.54) is 36.3 Å². The van der Waals surface area contributed by atoms with Crippen molar-refractivity contribution in [3.8, 4) is 0 Å². The fourth-order valence-electron chi connectivity index (χ4n) is 3.23. The normalized spacial score (nSPS) is 18.8. The molecule has 0 aliphatic carbocycles. The van der Waals surface area contributed by atoms with Gasteiger partial charge in [0.05, 0.1) is 6.10 Å². The summed E-state index contributed by atoms with van der Waals surface area (Å²) in [5.74, 6) is 0. The van der Waals surface area contributed by atoms with Gasteiger partial charge in [0.2, 0.25) is 0 Å². The van der Waals surface area contributed by atoms with Crippen LogP contribution in [0.4, 0.5) is 11.4 Å². The zero-order chi connectivity index (χ0) is 16.1. The van der Waals surface area contributed by atoms with Gasteiger partial charge in [-0.15, -0.1) is 0 Å². The van der Waals surface area contributed by atoms with E-state index in [4.69, 9.17) is 4.74 Å². The summed E-state index contributed by atoms with van der Waals surface area (Å²) in [6.45, 7) is 3.23. The van der Waals surface area contributed by atoms with E-state index < -0.39 is 0 Å². The molecule has 3 rings (SSSR count). The number of hydrogen-bond acceptors (Lipinski definition) is 3. The number of para-hydroxylation sites is 1. The summed E-state index contributed by atoms with van der Waals surface area (Å²) in [6.07, 6.45) is 2.81. The van der Waals surface area contributed by atoms with Gasteiger partial charge in [-0.1, -0.05) is 30.3 Å². The predicted octanol–water partition coefficient (Wildman–Crippen LogP) is 4.07. The first-order valence-corrected chi connectivity index (χ1v) is 8.39. The van der Waals surface area contributed by atoms with Crippen molar-refractivity contribution >= 4 is 11.4 Å². The van der Waals surface area contributed by atoms with Crippen molar-refractivity contribution in [3.05, 3.63) is 60.2 Å². The summed E-state index contributed by atoms with van der Waals surface area (Å²) in [5.41, 5.74) is 3.79. The van der Waals surface area contributed by atoms with E-state index in [-0.39, 0.29) is 0 Å². The van der Waals surface area contributed by atoms with Crippen molar-refractivity contribution in [2.45, 2.75) is 25.5 Å². The molecular weight excluding hydrogens is 284 g/mol. The summed E-state index contributed by atoms with van der Waals surface area (Å²) in [5, 5.41) is 0. The van der Waals surface area contributed by atoms with E-state index in [1.54, 1.807) is 0 Å². The molecule has 0 aromatic heterocycles. The first kappa shape index (κ1) is 16.0.